The van der Waals surface area contributed by atoms with E-state index in [-0.39, 0.29) is 5.56 Å². The van der Waals surface area contributed by atoms with Crippen LogP contribution >= 0.6 is 0 Å². The summed E-state index contributed by atoms with van der Waals surface area (Å²) in [7, 11) is 0. The molecule has 18 heavy (non-hydrogen) atoms. The smallest absolute Gasteiger partial charge is 0.338 e. The molecule has 0 amide bonds. The van der Waals surface area contributed by atoms with Gasteiger partial charge in [-0.15, -0.1) is 0 Å². The van der Waals surface area contributed by atoms with Crippen LogP contribution < -0.4 is 0 Å². The molecule has 0 spiro atoms. The van der Waals surface area contributed by atoms with Gasteiger partial charge in [0, 0.05) is 0 Å². The van der Waals surface area contributed by atoms with Gasteiger partial charge >= 0.3 is 5.97 Å². The Hall–Kier alpha value is -2.49. The Balaban J connectivity index is 2.67. The number of carbonyl (C=O) groups is 2. The summed E-state index contributed by atoms with van der Waals surface area (Å²) in [6.07, 6.45) is 0.337. The lowest BCUT2D eigenvalue weighted by atomic mass is 9.97. The molecule has 0 aromatic heterocycles. The molecule has 2 aromatic carbocycles. The number of carbonyl (C=O) groups excluding carboxylic acids is 1. The third-order valence-corrected chi connectivity index (χ3v) is 2.61. The fourth-order valence-corrected chi connectivity index (χ4v) is 1.74. The molecule has 0 bridgehead atoms. The largest absolute Gasteiger partial charge is 0.478 e. The molecule has 0 aliphatic rings. The molecule has 90 valence electrons. The SMILES string of the molecule is O=Cc1c(-c2ccccc2)ccc(C(=O)O)c1F. The van der Waals surface area contributed by atoms with Crippen LogP contribution in [0.1, 0.15) is 20.7 Å². The van der Waals surface area contributed by atoms with Gasteiger partial charge in [-0.25, -0.2) is 9.18 Å². The summed E-state index contributed by atoms with van der Waals surface area (Å²) in [6, 6.07) is 11.4. The molecule has 0 saturated carbocycles. The molecule has 4 heteroatoms. The van der Waals surface area contributed by atoms with Crippen molar-refractivity contribution in [1.82, 2.24) is 0 Å². The molecule has 0 unspecified atom stereocenters. The van der Waals surface area contributed by atoms with Crippen molar-refractivity contribution in [2.45, 2.75) is 0 Å². The van der Waals surface area contributed by atoms with Crippen molar-refractivity contribution in [2.24, 2.45) is 0 Å². The van der Waals surface area contributed by atoms with E-state index in [4.69, 9.17) is 5.11 Å². The first-order valence-electron chi connectivity index (χ1n) is 5.21. The van der Waals surface area contributed by atoms with Crippen LogP contribution in [-0.2, 0) is 0 Å². The summed E-state index contributed by atoms with van der Waals surface area (Å²) in [5, 5.41) is 8.79. The Morgan fingerprint density at radius 2 is 1.78 bits per heavy atom. The van der Waals surface area contributed by atoms with Gasteiger partial charge in [0.25, 0.3) is 0 Å². The lowest BCUT2D eigenvalue weighted by Gasteiger charge is -2.08. The Labute approximate surface area is 103 Å². The molecule has 0 aliphatic carbocycles. The number of hydrogen-bond acceptors (Lipinski definition) is 2. The van der Waals surface area contributed by atoms with Crippen LogP contribution in [0.15, 0.2) is 42.5 Å². The molecule has 1 N–H and O–H groups in total. The average molecular weight is 244 g/mol. The number of aromatic carboxylic acids is 1. The van der Waals surface area contributed by atoms with E-state index in [1.807, 2.05) is 0 Å². The molecule has 2 rings (SSSR count). The third kappa shape index (κ3) is 2.00. The Bertz CT molecular complexity index is 606. The summed E-state index contributed by atoms with van der Waals surface area (Å²) in [6.45, 7) is 0. The lowest BCUT2D eigenvalue weighted by Crippen LogP contribution is -2.04. The number of hydrogen-bond donors (Lipinski definition) is 1. The summed E-state index contributed by atoms with van der Waals surface area (Å²) >= 11 is 0. The van der Waals surface area contributed by atoms with E-state index < -0.39 is 17.3 Å². The average Bonchev–Trinajstić information content (AvgIpc) is 2.39. The maximum Gasteiger partial charge on any atom is 0.338 e. The quantitative estimate of drug-likeness (QED) is 0.844. The number of carboxylic acid groups (broad SMARTS) is 1. The second-order valence-electron chi connectivity index (χ2n) is 3.68. The van der Waals surface area contributed by atoms with Gasteiger partial charge in [0.2, 0.25) is 0 Å². The second kappa shape index (κ2) is 4.79. The number of halogens is 1. The van der Waals surface area contributed by atoms with Gasteiger partial charge in [-0.05, 0) is 17.2 Å². The maximum absolute atomic E-state index is 13.9. The highest BCUT2D eigenvalue weighted by molar-refractivity contribution is 5.95. The molecule has 3 nitrogen and oxygen atoms in total. The Morgan fingerprint density at radius 3 is 2.33 bits per heavy atom. The van der Waals surface area contributed by atoms with Crippen LogP contribution in [0.2, 0.25) is 0 Å². The minimum atomic E-state index is -1.39. The zero-order valence-electron chi connectivity index (χ0n) is 9.26. The van der Waals surface area contributed by atoms with Crippen molar-refractivity contribution < 1.29 is 19.1 Å². The van der Waals surface area contributed by atoms with Crippen molar-refractivity contribution in [1.29, 1.82) is 0 Å². The monoisotopic (exact) mass is 244 g/mol. The van der Waals surface area contributed by atoms with Crippen LogP contribution in [0, 0.1) is 5.82 Å². The van der Waals surface area contributed by atoms with Crippen molar-refractivity contribution in [3.63, 3.8) is 0 Å². The zero-order chi connectivity index (χ0) is 13.1. The lowest BCUT2D eigenvalue weighted by molar-refractivity contribution is 0.0692. The standard InChI is InChI=1S/C14H9FO3/c15-13-11(14(17)18)7-6-10(12(13)8-16)9-4-2-1-3-5-9/h1-8H,(H,17,18). The number of benzene rings is 2. The molecule has 0 fully saturated rings. The molecule has 0 aliphatic heterocycles. The van der Waals surface area contributed by atoms with Crippen molar-refractivity contribution >= 4 is 12.3 Å². The summed E-state index contributed by atoms with van der Waals surface area (Å²) in [5.41, 5.74) is 0.307. The van der Waals surface area contributed by atoms with Gasteiger partial charge < -0.3 is 5.11 Å². The highest BCUT2D eigenvalue weighted by atomic mass is 19.1. The van der Waals surface area contributed by atoms with E-state index in [1.54, 1.807) is 30.3 Å². The van der Waals surface area contributed by atoms with Gasteiger partial charge in [-0.2, -0.15) is 0 Å². The summed E-state index contributed by atoms with van der Waals surface area (Å²) < 4.78 is 13.9. The van der Waals surface area contributed by atoms with Crippen LogP contribution in [0.4, 0.5) is 4.39 Å². The molecule has 2 aromatic rings. The first-order chi connectivity index (χ1) is 8.65. The van der Waals surface area contributed by atoms with Crippen LogP contribution in [-0.4, -0.2) is 17.4 Å². The Kier molecular flexibility index (Phi) is 3.19. The molecule has 0 heterocycles. The van der Waals surface area contributed by atoms with Gasteiger partial charge in [0.05, 0.1) is 11.1 Å². The van der Waals surface area contributed by atoms with Crippen molar-refractivity contribution in [3.8, 4) is 11.1 Å². The third-order valence-electron chi connectivity index (χ3n) is 2.61. The molecular weight excluding hydrogens is 235 g/mol. The fraction of sp³-hybridized carbons (Fsp3) is 0. The highest BCUT2D eigenvalue weighted by Gasteiger charge is 2.17. The number of carboxylic acids is 1. The number of rotatable bonds is 3. The minimum Gasteiger partial charge on any atom is -0.478 e. The fourth-order valence-electron chi connectivity index (χ4n) is 1.74. The Morgan fingerprint density at radius 1 is 1.11 bits per heavy atom. The van der Waals surface area contributed by atoms with Gasteiger partial charge in [0.15, 0.2) is 6.29 Å². The molecule has 0 atom stereocenters. The van der Waals surface area contributed by atoms with Gasteiger partial charge in [-0.3, -0.25) is 4.79 Å². The van der Waals surface area contributed by atoms with E-state index >= 15 is 0 Å². The van der Waals surface area contributed by atoms with E-state index in [0.29, 0.717) is 17.4 Å². The van der Waals surface area contributed by atoms with Crippen molar-refractivity contribution in [3.05, 3.63) is 59.4 Å². The first-order valence-corrected chi connectivity index (χ1v) is 5.21. The summed E-state index contributed by atoms with van der Waals surface area (Å²) in [4.78, 5) is 21.7. The van der Waals surface area contributed by atoms with E-state index in [2.05, 4.69) is 0 Å². The molecule has 0 radical (unpaired) electrons. The van der Waals surface area contributed by atoms with Gasteiger partial charge in [-0.1, -0.05) is 36.4 Å². The van der Waals surface area contributed by atoms with Crippen LogP contribution in [0.25, 0.3) is 11.1 Å². The predicted octanol–water partition coefficient (Wildman–Crippen LogP) is 3.00. The summed E-state index contributed by atoms with van der Waals surface area (Å²) in [5.74, 6) is -2.39. The zero-order valence-corrected chi connectivity index (χ0v) is 9.26. The number of aldehydes is 1. The maximum atomic E-state index is 13.9. The van der Waals surface area contributed by atoms with Crippen molar-refractivity contribution in [2.75, 3.05) is 0 Å². The first kappa shape index (κ1) is 12.0. The van der Waals surface area contributed by atoms with E-state index in [0.717, 1.165) is 6.07 Å². The van der Waals surface area contributed by atoms with E-state index in [9.17, 15) is 14.0 Å². The van der Waals surface area contributed by atoms with Crippen LogP contribution in [0.3, 0.4) is 0 Å². The second-order valence-corrected chi connectivity index (χ2v) is 3.68. The predicted molar refractivity (Wildman–Crippen MR) is 64.2 cm³/mol. The van der Waals surface area contributed by atoms with Crippen LogP contribution in [0.5, 0.6) is 0 Å². The topological polar surface area (TPSA) is 54.4 Å². The van der Waals surface area contributed by atoms with Gasteiger partial charge in [0.1, 0.15) is 5.82 Å². The molecule has 0 saturated heterocycles. The van der Waals surface area contributed by atoms with E-state index in [1.165, 1.54) is 6.07 Å². The minimum absolute atomic E-state index is 0.235. The highest BCUT2D eigenvalue weighted by Crippen LogP contribution is 2.26. The normalized spacial score (nSPS) is 10.1. The molecular formula is C14H9FO3.